The van der Waals surface area contributed by atoms with Crippen molar-refractivity contribution in [3.05, 3.63) is 35.9 Å². The van der Waals surface area contributed by atoms with E-state index in [1.807, 2.05) is 6.07 Å². The molecule has 17 heavy (non-hydrogen) atoms. The number of rotatable bonds is 4. The lowest BCUT2D eigenvalue weighted by Crippen LogP contribution is -2.43. The van der Waals surface area contributed by atoms with Crippen molar-refractivity contribution in [1.82, 2.24) is 5.32 Å². The van der Waals surface area contributed by atoms with Gasteiger partial charge in [0.25, 0.3) is 0 Å². The number of hydrogen-bond acceptors (Lipinski definition) is 4. The van der Waals surface area contributed by atoms with E-state index >= 15 is 0 Å². The fraction of sp³-hybridized carbons (Fsp3) is 0.333. The molecule has 0 fully saturated rings. The van der Waals surface area contributed by atoms with E-state index in [0.29, 0.717) is 5.56 Å². The minimum atomic E-state index is -0.820. The normalized spacial score (nSPS) is 13.6. The van der Waals surface area contributed by atoms with Crippen LogP contribution in [0, 0.1) is 0 Å². The number of carbonyl (C=O) groups is 2. The van der Waals surface area contributed by atoms with E-state index in [0.717, 1.165) is 0 Å². The number of esters is 1. The topological polar surface area (TPSA) is 81.4 Å². The SMILES string of the molecule is COC(=O)C(NC(=O)[C@H](C)N)c1ccccc1. The van der Waals surface area contributed by atoms with E-state index in [4.69, 9.17) is 5.73 Å². The van der Waals surface area contributed by atoms with Crippen LogP contribution in [0.25, 0.3) is 0 Å². The lowest BCUT2D eigenvalue weighted by Gasteiger charge is -2.18. The zero-order chi connectivity index (χ0) is 12.8. The molecule has 5 heteroatoms. The molecule has 0 aliphatic rings. The minimum Gasteiger partial charge on any atom is -0.467 e. The first-order chi connectivity index (χ1) is 8.06. The van der Waals surface area contributed by atoms with Gasteiger partial charge >= 0.3 is 5.97 Å². The van der Waals surface area contributed by atoms with Crippen LogP contribution in [-0.2, 0) is 14.3 Å². The Morgan fingerprint density at radius 1 is 1.29 bits per heavy atom. The maximum absolute atomic E-state index is 11.6. The highest BCUT2D eigenvalue weighted by atomic mass is 16.5. The average molecular weight is 236 g/mol. The van der Waals surface area contributed by atoms with E-state index in [2.05, 4.69) is 10.1 Å². The molecule has 1 rings (SSSR count). The zero-order valence-corrected chi connectivity index (χ0v) is 9.84. The Labute approximate surface area is 99.9 Å². The average Bonchev–Trinajstić information content (AvgIpc) is 2.35. The number of carbonyl (C=O) groups excluding carboxylic acids is 2. The molecule has 1 aromatic carbocycles. The highest BCUT2D eigenvalue weighted by Crippen LogP contribution is 2.14. The number of ether oxygens (including phenoxy) is 1. The summed E-state index contributed by atoms with van der Waals surface area (Å²) in [6.45, 7) is 1.55. The van der Waals surface area contributed by atoms with Gasteiger partial charge in [0.05, 0.1) is 13.2 Å². The summed E-state index contributed by atoms with van der Waals surface area (Å²) in [6.07, 6.45) is 0. The largest absolute Gasteiger partial charge is 0.467 e. The maximum Gasteiger partial charge on any atom is 0.333 e. The molecule has 2 atom stereocenters. The van der Waals surface area contributed by atoms with Crippen LogP contribution in [0.3, 0.4) is 0 Å². The molecule has 0 radical (unpaired) electrons. The van der Waals surface area contributed by atoms with Crippen molar-refractivity contribution in [1.29, 1.82) is 0 Å². The number of amides is 1. The molecular weight excluding hydrogens is 220 g/mol. The standard InChI is InChI=1S/C12H16N2O3/c1-8(13)11(15)14-10(12(16)17-2)9-6-4-3-5-7-9/h3-8,10H,13H2,1-2H3,(H,14,15)/t8-,10?/m0/s1. The van der Waals surface area contributed by atoms with E-state index in [-0.39, 0.29) is 0 Å². The molecule has 0 heterocycles. The first-order valence-corrected chi connectivity index (χ1v) is 5.25. The molecule has 92 valence electrons. The van der Waals surface area contributed by atoms with E-state index < -0.39 is 24.0 Å². The Morgan fingerprint density at radius 3 is 2.35 bits per heavy atom. The van der Waals surface area contributed by atoms with E-state index in [1.54, 1.807) is 31.2 Å². The molecule has 1 unspecified atom stereocenters. The Hall–Kier alpha value is -1.88. The van der Waals surface area contributed by atoms with Gasteiger partial charge in [0.2, 0.25) is 5.91 Å². The van der Waals surface area contributed by atoms with Crippen molar-refractivity contribution in [2.75, 3.05) is 7.11 Å². The smallest absolute Gasteiger partial charge is 0.333 e. The van der Waals surface area contributed by atoms with Crippen LogP contribution in [0.1, 0.15) is 18.5 Å². The predicted molar refractivity (Wildman–Crippen MR) is 63.0 cm³/mol. The van der Waals surface area contributed by atoms with Crippen LogP contribution < -0.4 is 11.1 Å². The number of nitrogens with two attached hydrogens (primary N) is 1. The summed E-state index contributed by atoms with van der Waals surface area (Å²) in [5, 5.41) is 2.54. The predicted octanol–water partition coefficient (Wildman–Crippen LogP) is 0.364. The second kappa shape index (κ2) is 6.00. The van der Waals surface area contributed by atoms with Gasteiger partial charge in [-0.25, -0.2) is 4.79 Å². The van der Waals surface area contributed by atoms with Crippen molar-refractivity contribution in [2.24, 2.45) is 5.73 Å². The quantitative estimate of drug-likeness (QED) is 0.740. The summed E-state index contributed by atoms with van der Waals surface area (Å²) in [7, 11) is 1.27. The summed E-state index contributed by atoms with van der Waals surface area (Å²) in [6, 6.07) is 7.37. The number of nitrogens with one attached hydrogen (secondary N) is 1. The van der Waals surface area contributed by atoms with Gasteiger partial charge < -0.3 is 15.8 Å². The molecule has 5 nitrogen and oxygen atoms in total. The van der Waals surface area contributed by atoms with Crippen molar-refractivity contribution in [2.45, 2.75) is 19.0 Å². The number of benzene rings is 1. The van der Waals surface area contributed by atoms with Gasteiger partial charge in [-0.15, -0.1) is 0 Å². The molecule has 1 amide bonds. The monoisotopic (exact) mass is 236 g/mol. The highest BCUT2D eigenvalue weighted by molar-refractivity contribution is 5.87. The molecule has 0 aromatic heterocycles. The highest BCUT2D eigenvalue weighted by Gasteiger charge is 2.24. The van der Waals surface area contributed by atoms with Crippen molar-refractivity contribution in [3.8, 4) is 0 Å². The fourth-order valence-electron chi connectivity index (χ4n) is 1.32. The van der Waals surface area contributed by atoms with E-state index in [1.165, 1.54) is 7.11 Å². The first-order valence-electron chi connectivity index (χ1n) is 5.25. The first kappa shape index (κ1) is 13.2. The van der Waals surface area contributed by atoms with Gasteiger partial charge in [-0.3, -0.25) is 4.79 Å². The molecule has 1 aromatic rings. The summed E-state index contributed by atoms with van der Waals surface area (Å²) in [5.74, 6) is -0.922. The third kappa shape index (κ3) is 3.57. The molecule has 0 saturated heterocycles. The van der Waals surface area contributed by atoms with E-state index in [9.17, 15) is 9.59 Å². The summed E-state index contributed by atoms with van der Waals surface area (Å²) in [5.41, 5.74) is 6.10. The van der Waals surface area contributed by atoms with Crippen LogP contribution in [0.15, 0.2) is 30.3 Å². The molecule has 0 bridgehead atoms. The lowest BCUT2D eigenvalue weighted by molar-refractivity contribution is -0.145. The summed E-state index contributed by atoms with van der Waals surface area (Å²) >= 11 is 0. The van der Waals surface area contributed by atoms with Gasteiger partial charge in [0.1, 0.15) is 0 Å². The lowest BCUT2D eigenvalue weighted by atomic mass is 10.1. The fourth-order valence-corrected chi connectivity index (χ4v) is 1.32. The molecule has 0 aliphatic heterocycles. The van der Waals surface area contributed by atoms with Crippen molar-refractivity contribution >= 4 is 11.9 Å². The Balaban J connectivity index is 2.90. The molecule has 3 N–H and O–H groups in total. The van der Waals surface area contributed by atoms with Crippen LogP contribution in [-0.4, -0.2) is 25.0 Å². The second-order valence-corrected chi connectivity index (χ2v) is 3.66. The Morgan fingerprint density at radius 2 is 1.88 bits per heavy atom. The summed E-state index contributed by atoms with van der Waals surface area (Å²) in [4.78, 5) is 23.1. The maximum atomic E-state index is 11.6. The van der Waals surface area contributed by atoms with Crippen LogP contribution in [0.5, 0.6) is 0 Å². The van der Waals surface area contributed by atoms with Crippen molar-refractivity contribution in [3.63, 3.8) is 0 Å². The van der Waals surface area contributed by atoms with Crippen LogP contribution >= 0.6 is 0 Å². The molecular formula is C12H16N2O3. The molecule has 0 spiro atoms. The van der Waals surface area contributed by atoms with Gasteiger partial charge in [-0.1, -0.05) is 30.3 Å². The third-order valence-electron chi connectivity index (χ3n) is 2.27. The van der Waals surface area contributed by atoms with Gasteiger partial charge in [-0.05, 0) is 12.5 Å². The van der Waals surface area contributed by atoms with Crippen molar-refractivity contribution < 1.29 is 14.3 Å². The third-order valence-corrected chi connectivity index (χ3v) is 2.27. The van der Waals surface area contributed by atoms with Crippen LogP contribution in [0.2, 0.25) is 0 Å². The van der Waals surface area contributed by atoms with Crippen LogP contribution in [0.4, 0.5) is 0 Å². The second-order valence-electron chi connectivity index (χ2n) is 3.66. The number of methoxy groups -OCH3 is 1. The van der Waals surface area contributed by atoms with Gasteiger partial charge in [-0.2, -0.15) is 0 Å². The Bertz CT molecular complexity index is 390. The van der Waals surface area contributed by atoms with Gasteiger partial charge in [0, 0.05) is 0 Å². The summed E-state index contributed by atoms with van der Waals surface area (Å²) < 4.78 is 4.65. The zero-order valence-electron chi connectivity index (χ0n) is 9.84. The Kier molecular flexibility index (Phi) is 4.66. The minimum absolute atomic E-state index is 0.399. The van der Waals surface area contributed by atoms with Gasteiger partial charge in [0.15, 0.2) is 6.04 Å². The number of hydrogen-bond donors (Lipinski definition) is 2. The molecule has 0 saturated carbocycles. The molecule has 0 aliphatic carbocycles.